The molecule has 2 heterocycles. The Kier molecular flexibility index (Phi) is 2.48. The topological polar surface area (TPSA) is 67.5 Å². The Bertz CT molecular complexity index is 702. The van der Waals surface area contributed by atoms with E-state index in [0.29, 0.717) is 17.1 Å². The lowest BCUT2D eigenvalue weighted by Gasteiger charge is -2.17. The summed E-state index contributed by atoms with van der Waals surface area (Å²) in [6, 6.07) is 8.53. The molecule has 0 saturated carbocycles. The number of benzene rings is 1. The van der Waals surface area contributed by atoms with Gasteiger partial charge in [-0.05, 0) is 6.07 Å². The van der Waals surface area contributed by atoms with E-state index in [1.807, 2.05) is 24.3 Å². The molecule has 1 aliphatic heterocycles. The molecule has 1 aromatic heterocycles. The van der Waals surface area contributed by atoms with Crippen LogP contribution in [0.15, 0.2) is 44.4 Å². The largest absolute Gasteiger partial charge is 0.475 e. The lowest BCUT2D eigenvalue weighted by atomic mass is 10.1. The van der Waals surface area contributed by atoms with Crippen molar-refractivity contribution in [3.8, 4) is 11.3 Å². The van der Waals surface area contributed by atoms with Crippen molar-refractivity contribution in [2.45, 2.75) is 10.6 Å². The molecule has 1 aliphatic rings. The minimum absolute atomic E-state index is 0.282. The Morgan fingerprint density at radius 2 is 2.11 bits per heavy atom. The Morgan fingerprint density at radius 3 is 2.89 bits per heavy atom. The molecule has 0 saturated heterocycles. The molecule has 1 N–H and O–H groups in total. The number of fused-ring (bicyclic) bond motifs is 3. The molecule has 0 bridgehead atoms. The molecule has 0 amide bonds. The number of aromatic carboxylic acids is 1. The molecule has 1 aromatic carbocycles. The zero-order valence-electron chi connectivity index (χ0n) is 9.17. The van der Waals surface area contributed by atoms with Gasteiger partial charge >= 0.3 is 5.97 Å². The number of thioether (sulfide) groups is 1. The number of carboxylic acids is 1. The maximum Gasteiger partial charge on any atom is 0.371 e. The van der Waals surface area contributed by atoms with Crippen LogP contribution >= 0.6 is 11.8 Å². The third-order valence-corrected chi connectivity index (χ3v) is 3.86. The molecule has 0 fully saturated rings. The van der Waals surface area contributed by atoms with Crippen LogP contribution in [0.25, 0.3) is 11.3 Å². The van der Waals surface area contributed by atoms with Crippen molar-refractivity contribution in [2.75, 3.05) is 0 Å². The molecular formula is C13H8O4S. The maximum atomic E-state index is 11.9. The van der Waals surface area contributed by atoms with Crippen molar-refractivity contribution < 1.29 is 14.3 Å². The van der Waals surface area contributed by atoms with Crippen LogP contribution in [-0.2, 0) is 5.75 Å². The van der Waals surface area contributed by atoms with Crippen LogP contribution in [0.1, 0.15) is 16.1 Å². The van der Waals surface area contributed by atoms with E-state index >= 15 is 0 Å². The van der Waals surface area contributed by atoms with Crippen molar-refractivity contribution in [2.24, 2.45) is 0 Å². The number of rotatable bonds is 1. The molecule has 90 valence electrons. The summed E-state index contributed by atoms with van der Waals surface area (Å²) in [5.41, 5.74) is 1.03. The normalized spacial score (nSPS) is 12.7. The van der Waals surface area contributed by atoms with Gasteiger partial charge in [-0.2, -0.15) is 0 Å². The van der Waals surface area contributed by atoms with Crippen LogP contribution in [-0.4, -0.2) is 11.1 Å². The fraction of sp³-hybridized carbons (Fsp3) is 0.0769. The fourth-order valence-electron chi connectivity index (χ4n) is 1.91. The predicted molar refractivity (Wildman–Crippen MR) is 66.9 cm³/mol. The van der Waals surface area contributed by atoms with Gasteiger partial charge in [-0.3, -0.25) is 4.79 Å². The first kappa shape index (κ1) is 11.1. The highest BCUT2D eigenvalue weighted by Gasteiger charge is 2.23. The Hall–Kier alpha value is -2.01. The van der Waals surface area contributed by atoms with Crippen molar-refractivity contribution >= 4 is 17.7 Å². The van der Waals surface area contributed by atoms with Gasteiger partial charge in [0, 0.05) is 22.3 Å². The molecule has 0 atom stereocenters. The maximum absolute atomic E-state index is 11.9. The van der Waals surface area contributed by atoms with E-state index in [1.54, 1.807) is 11.8 Å². The second-order valence-corrected chi connectivity index (χ2v) is 4.89. The van der Waals surface area contributed by atoms with Gasteiger partial charge in [-0.15, -0.1) is 11.8 Å². The average molecular weight is 260 g/mol. The number of carboxylic acid groups (broad SMARTS) is 1. The molecule has 2 aromatic rings. The van der Waals surface area contributed by atoms with E-state index in [1.165, 1.54) is 0 Å². The summed E-state index contributed by atoms with van der Waals surface area (Å²) in [5.74, 6) is -0.658. The predicted octanol–water partition coefficient (Wildman–Crippen LogP) is 2.61. The summed E-state index contributed by atoms with van der Waals surface area (Å²) in [4.78, 5) is 23.8. The first-order valence-electron chi connectivity index (χ1n) is 5.29. The number of hydrogen-bond donors (Lipinski definition) is 1. The van der Waals surface area contributed by atoms with Crippen LogP contribution in [0.5, 0.6) is 0 Å². The summed E-state index contributed by atoms with van der Waals surface area (Å²) in [6.07, 6.45) is 0. The van der Waals surface area contributed by atoms with Gasteiger partial charge in [-0.25, -0.2) is 4.79 Å². The van der Waals surface area contributed by atoms with E-state index in [9.17, 15) is 9.59 Å². The van der Waals surface area contributed by atoms with Gasteiger partial charge in [0.2, 0.25) is 5.76 Å². The highest BCUT2D eigenvalue weighted by Crippen LogP contribution is 2.40. The van der Waals surface area contributed by atoms with E-state index in [-0.39, 0.29) is 11.2 Å². The van der Waals surface area contributed by atoms with Crippen LogP contribution < -0.4 is 5.43 Å². The van der Waals surface area contributed by atoms with Gasteiger partial charge in [0.1, 0.15) is 5.76 Å². The zero-order valence-corrected chi connectivity index (χ0v) is 9.99. The standard InChI is InChI=1S/C13H8O4S/c14-9-5-10(13(15)16)17-12-7-3-1-2-4-11(7)18-6-8(9)12/h1-5H,6H2,(H,15,16). The number of hydrogen-bond acceptors (Lipinski definition) is 4. The molecule has 5 heteroatoms. The molecule has 0 aliphatic carbocycles. The Labute approximate surface area is 106 Å². The van der Waals surface area contributed by atoms with Gasteiger partial charge in [0.05, 0.1) is 5.56 Å². The highest BCUT2D eigenvalue weighted by atomic mass is 32.2. The molecule has 4 nitrogen and oxygen atoms in total. The minimum atomic E-state index is -1.23. The number of carbonyl (C=O) groups is 1. The Morgan fingerprint density at radius 1 is 1.33 bits per heavy atom. The smallest absolute Gasteiger partial charge is 0.371 e. The van der Waals surface area contributed by atoms with Crippen molar-refractivity contribution in [3.63, 3.8) is 0 Å². The van der Waals surface area contributed by atoms with Gasteiger partial charge in [0.25, 0.3) is 0 Å². The van der Waals surface area contributed by atoms with Crippen LogP contribution in [0, 0.1) is 0 Å². The van der Waals surface area contributed by atoms with Crippen LogP contribution in [0.2, 0.25) is 0 Å². The van der Waals surface area contributed by atoms with Crippen LogP contribution in [0.4, 0.5) is 0 Å². The van der Waals surface area contributed by atoms with Crippen molar-refractivity contribution in [1.29, 1.82) is 0 Å². The third-order valence-electron chi connectivity index (χ3n) is 2.76. The van der Waals surface area contributed by atoms with Crippen LogP contribution in [0.3, 0.4) is 0 Å². The van der Waals surface area contributed by atoms with E-state index in [2.05, 4.69) is 0 Å². The second kappa shape index (κ2) is 4.03. The fourth-order valence-corrected chi connectivity index (χ4v) is 2.97. The molecule has 18 heavy (non-hydrogen) atoms. The first-order chi connectivity index (χ1) is 8.66. The molecule has 0 radical (unpaired) electrons. The Balaban J connectivity index is 2.32. The average Bonchev–Trinajstić information content (AvgIpc) is 2.38. The van der Waals surface area contributed by atoms with Crippen molar-refractivity contribution in [3.05, 3.63) is 51.9 Å². The van der Waals surface area contributed by atoms with E-state index in [4.69, 9.17) is 9.52 Å². The van der Waals surface area contributed by atoms with Gasteiger partial charge in [0.15, 0.2) is 5.43 Å². The quantitative estimate of drug-likeness (QED) is 0.853. The van der Waals surface area contributed by atoms with E-state index < -0.39 is 5.97 Å². The zero-order chi connectivity index (χ0) is 12.7. The molecule has 0 spiro atoms. The molecule has 0 unspecified atom stereocenters. The summed E-state index contributed by atoms with van der Waals surface area (Å²) in [6.45, 7) is 0. The first-order valence-corrected chi connectivity index (χ1v) is 6.28. The SMILES string of the molecule is O=C(O)c1cc(=O)c2c(o1)-c1ccccc1SC2. The lowest BCUT2D eigenvalue weighted by molar-refractivity contribution is 0.0660. The molecule has 3 rings (SSSR count). The van der Waals surface area contributed by atoms with Crippen molar-refractivity contribution in [1.82, 2.24) is 0 Å². The highest BCUT2D eigenvalue weighted by molar-refractivity contribution is 7.98. The summed E-state index contributed by atoms with van der Waals surface area (Å²) >= 11 is 1.55. The van der Waals surface area contributed by atoms with Gasteiger partial charge < -0.3 is 9.52 Å². The lowest BCUT2D eigenvalue weighted by Crippen LogP contribution is -2.14. The monoisotopic (exact) mass is 260 g/mol. The molecular weight excluding hydrogens is 252 g/mol. The second-order valence-electron chi connectivity index (χ2n) is 3.87. The summed E-state index contributed by atoms with van der Waals surface area (Å²) in [5, 5.41) is 8.92. The third kappa shape index (κ3) is 1.64. The summed E-state index contributed by atoms with van der Waals surface area (Å²) in [7, 11) is 0. The minimum Gasteiger partial charge on any atom is -0.475 e. The van der Waals surface area contributed by atoms with Gasteiger partial charge in [-0.1, -0.05) is 18.2 Å². The van der Waals surface area contributed by atoms with E-state index in [0.717, 1.165) is 16.5 Å². The summed E-state index contributed by atoms with van der Waals surface area (Å²) < 4.78 is 5.36.